The Morgan fingerprint density at radius 3 is 2.85 bits per heavy atom. The Balaban J connectivity index is 1.18. The van der Waals surface area contributed by atoms with Crippen LogP contribution >= 0.6 is 22.9 Å². The van der Waals surface area contributed by atoms with Crippen molar-refractivity contribution in [3.8, 4) is 5.00 Å². The number of fused-ring (bicyclic) bond motifs is 7. The van der Waals surface area contributed by atoms with Crippen LogP contribution in [0.2, 0.25) is 5.02 Å². The number of aliphatic imine (C=N–C) groups is 1. The number of nitrogens with one attached hydrogen (secondary N) is 1. The highest BCUT2D eigenvalue weighted by molar-refractivity contribution is 7.15. The molecule has 3 aromatic heterocycles. The number of hydrogen-bond acceptors (Lipinski definition) is 7. The molecule has 1 amide bonds. The predicted octanol–water partition coefficient (Wildman–Crippen LogP) is 4.63. The molecule has 8 nitrogen and oxygen atoms in total. The van der Waals surface area contributed by atoms with Crippen molar-refractivity contribution in [2.45, 2.75) is 57.0 Å². The number of halogens is 1. The van der Waals surface area contributed by atoms with Gasteiger partial charge < -0.3 is 11.1 Å². The SMILES string of the molecule is Cc1nnc2n1-c1sc3c(c1C(c1ccccc1Cl)=NC21CC1)C[C@H](C(=O)N[C@@H]1CCc2c1ccnc2N)C3. The fourth-order valence-electron chi connectivity index (χ4n) is 6.54. The number of nitrogens with zero attached hydrogens (tertiary/aromatic N) is 5. The molecule has 4 aromatic rings. The number of nitrogen functional groups attached to an aromatic ring is 1. The lowest BCUT2D eigenvalue weighted by Gasteiger charge is -2.18. The first kappa shape index (κ1) is 23.3. The lowest BCUT2D eigenvalue weighted by molar-refractivity contribution is -0.125. The van der Waals surface area contributed by atoms with Crippen LogP contribution in [-0.4, -0.2) is 31.4 Å². The number of anilines is 1. The van der Waals surface area contributed by atoms with Gasteiger partial charge in [0.1, 0.15) is 22.2 Å². The standard InChI is InChI=1S/C29H26ClN7OS/c1-14-35-36-28-29(9-10-29)34-24(18-4-2-3-5-20(18)30)23-19-12-15(13-22(19)39-27(23)37(14)28)26(38)33-21-7-6-17-16(21)8-11-32-25(17)31/h2-5,8,11,15,21H,6-7,9-10,12-13H2,1H3,(H2,31,32)(H,33,38)/t15-,21+/m0/s1. The minimum absolute atomic E-state index is 0.0224. The first-order valence-electron chi connectivity index (χ1n) is 13.4. The minimum Gasteiger partial charge on any atom is -0.383 e. The Bertz CT molecular complexity index is 1730. The molecule has 1 fully saturated rings. The molecular weight excluding hydrogens is 530 g/mol. The molecule has 3 N–H and O–H groups in total. The van der Waals surface area contributed by atoms with Crippen molar-refractivity contribution in [3.63, 3.8) is 0 Å². The van der Waals surface area contributed by atoms with E-state index in [4.69, 9.17) is 22.3 Å². The highest BCUT2D eigenvalue weighted by Gasteiger charge is 2.52. The second-order valence-corrected chi connectivity index (χ2v) is 12.5. The first-order chi connectivity index (χ1) is 18.9. The summed E-state index contributed by atoms with van der Waals surface area (Å²) < 4.78 is 2.20. The molecule has 4 heterocycles. The van der Waals surface area contributed by atoms with Gasteiger partial charge in [-0.2, -0.15) is 0 Å². The van der Waals surface area contributed by atoms with Gasteiger partial charge in [-0.25, -0.2) is 4.98 Å². The highest BCUT2D eigenvalue weighted by Crippen LogP contribution is 2.54. The lowest BCUT2D eigenvalue weighted by Crippen LogP contribution is -2.33. The Morgan fingerprint density at radius 1 is 1.18 bits per heavy atom. The van der Waals surface area contributed by atoms with E-state index in [-0.39, 0.29) is 23.4 Å². The zero-order chi connectivity index (χ0) is 26.5. The number of thiophene rings is 1. The van der Waals surface area contributed by atoms with Gasteiger partial charge in [0.15, 0.2) is 5.82 Å². The van der Waals surface area contributed by atoms with Gasteiger partial charge in [0.2, 0.25) is 5.91 Å². The normalized spacial score (nSPS) is 21.5. The number of hydrogen-bond donors (Lipinski definition) is 2. The Labute approximate surface area is 234 Å². The van der Waals surface area contributed by atoms with E-state index in [1.54, 1.807) is 17.5 Å². The molecule has 1 spiro atoms. The maximum atomic E-state index is 13.6. The van der Waals surface area contributed by atoms with Gasteiger partial charge in [-0.05, 0) is 74.3 Å². The molecule has 3 aliphatic carbocycles. The van der Waals surface area contributed by atoms with Crippen molar-refractivity contribution in [1.29, 1.82) is 0 Å². The number of carbonyl (C=O) groups excluding carboxylic acids is 1. The summed E-state index contributed by atoms with van der Waals surface area (Å²) in [6.45, 7) is 2.00. The van der Waals surface area contributed by atoms with Gasteiger partial charge in [0.05, 0.1) is 11.8 Å². The molecule has 8 rings (SSSR count). The molecule has 0 bridgehead atoms. The average Bonchev–Trinajstić information content (AvgIpc) is 3.22. The van der Waals surface area contributed by atoms with Gasteiger partial charge >= 0.3 is 0 Å². The van der Waals surface area contributed by atoms with E-state index in [0.717, 1.165) is 70.3 Å². The maximum Gasteiger partial charge on any atom is 0.224 e. The third kappa shape index (κ3) is 3.39. The number of amides is 1. The number of aryl methyl sites for hydroxylation is 1. The largest absolute Gasteiger partial charge is 0.383 e. The second kappa shape index (κ2) is 8.22. The quantitative estimate of drug-likeness (QED) is 0.383. The molecule has 0 saturated heterocycles. The molecule has 2 atom stereocenters. The van der Waals surface area contributed by atoms with E-state index < -0.39 is 0 Å². The molecule has 0 radical (unpaired) electrons. The summed E-state index contributed by atoms with van der Waals surface area (Å²) in [6, 6.07) is 9.86. The number of nitrogens with two attached hydrogens (primary N) is 1. The van der Waals surface area contributed by atoms with Crippen LogP contribution in [0.5, 0.6) is 0 Å². The lowest BCUT2D eigenvalue weighted by atomic mass is 9.97. The monoisotopic (exact) mass is 555 g/mol. The van der Waals surface area contributed by atoms with Crippen molar-refractivity contribution in [1.82, 2.24) is 25.1 Å². The van der Waals surface area contributed by atoms with E-state index >= 15 is 0 Å². The van der Waals surface area contributed by atoms with Gasteiger partial charge in [0, 0.05) is 33.1 Å². The van der Waals surface area contributed by atoms with Crippen LogP contribution in [0, 0.1) is 12.8 Å². The van der Waals surface area contributed by atoms with Crippen LogP contribution in [0.4, 0.5) is 5.82 Å². The molecule has 39 heavy (non-hydrogen) atoms. The molecule has 1 aliphatic heterocycles. The Kier molecular flexibility index (Phi) is 4.92. The average molecular weight is 556 g/mol. The van der Waals surface area contributed by atoms with Crippen LogP contribution in [0.1, 0.15) is 69.6 Å². The summed E-state index contributed by atoms with van der Waals surface area (Å²) in [7, 11) is 0. The third-order valence-electron chi connectivity index (χ3n) is 8.68. The summed E-state index contributed by atoms with van der Waals surface area (Å²) in [4.78, 5) is 24.4. The van der Waals surface area contributed by atoms with E-state index in [2.05, 4.69) is 25.1 Å². The maximum absolute atomic E-state index is 13.6. The number of rotatable bonds is 3. The van der Waals surface area contributed by atoms with Gasteiger partial charge in [-0.15, -0.1) is 21.5 Å². The van der Waals surface area contributed by atoms with Crippen molar-refractivity contribution >= 4 is 40.4 Å². The van der Waals surface area contributed by atoms with E-state index in [1.807, 2.05) is 37.3 Å². The summed E-state index contributed by atoms with van der Waals surface area (Å²) in [5.41, 5.74) is 12.0. The number of pyridine rings is 1. The first-order valence-corrected chi connectivity index (χ1v) is 14.6. The van der Waals surface area contributed by atoms with Crippen LogP contribution in [0.15, 0.2) is 41.5 Å². The van der Waals surface area contributed by atoms with Crippen LogP contribution < -0.4 is 11.1 Å². The summed E-state index contributed by atoms with van der Waals surface area (Å²) in [5, 5.41) is 14.1. The zero-order valence-corrected chi connectivity index (χ0v) is 22.9. The van der Waals surface area contributed by atoms with Crippen molar-refractivity contribution in [2.24, 2.45) is 10.9 Å². The molecule has 1 aromatic carbocycles. The highest BCUT2D eigenvalue weighted by atomic mass is 35.5. The topological polar surface area (TPSA) is 111 Å². The van der Waals surface area contributed by atoms with Crippen molar-refractivity contribution in [3.05, 3.63) is 85.9 Å². The fourth-order valence-corrected chi connectivity index (χ4v) is 8.23. The molecule has 10 heteroatoms. The van der Waals surface area contributed by atoms with Crippen molar-refractivity contribution < 1.29 is 4.79 Å². The Morgan fingerprint density at radius 2 is 2.03 bits per heavy atom. The summed E-state index contributed by atoms with van der Waals surface area (Å²) in [6.07, 6.45) is 6.65. The van der Waals surface area contributed by atoms with E-state index in [9.17, 15) is 4.79 Å². The van der Waals surface area contributed by atoms with Gasteiger partial charge in [-0.3, -0.25) is 14.4 Å². The number of carbonyl (C=O) groups is 1. The Hall–Kier alpha value is -3.56. The van der Waals surface area contributed by atoms with Crippen molar-refractivity contribution in [2.75, 3.05) is 5.73 Å². The third-order valence-corrected chi connectivity index (χ3v) is 10.3. The van der Waals surface area contributed by atoms with E-state index in [1.165, 1.54) is 10.4 Å². The smallest absolute Gasteiger partial charge is 0.224 e. The summed E-state index contributed by atoms with van der Waals surface area (Å²) in [5.74, 6) is 2.29. The fraction of sp³-hybridized carbons (Fsp3) is 0.345. The molecule has 0 unspecified atom stereocenters. The molecule has 4 aliphatic rings. The molecule has 196 valence electrons. The van der Waals surface area contributed by atoms with E-state index in [0.29, 0.717) is 23.7 Å². The summed E-state index contributed by atoms with van der Waals surface area (Å²) >= 11 is 8.50. The van der Waals surface area contributed by atoms with Crippen LogP contribution in [0.3, 0.4) is 0 Å². The van der Waals surface area contributed by atoms with Gasteiger partial charge in [-0.1, -0.05) is 29.8 Å². The molecular formula is C29H26ClN7OS. The number of benzene rings is 1. The molecule has 1 saturated carbocycles. The van der Waals surface area contributed by atoms with Crippen LogP contribution in [-0.2, 0) is 29.6 Å². The van der Waals surface area contributed by atoms with Gasteiger partial charge in [0.25, 0.3) is 0 Å². The van der Waals surface area contributed by atoms with Crippen LogP contribution in [0.25, 0.3) is 5.00 Å². The predicted molar refractivity (Wildman–Crippen MR) is 151 cm³/mol. The minimum atomic E-state index is -0.372. The second-order valence-electron chi connectivity index (χ2n) is 11.0. The number of aromatic nitrogens is 4. The zero-order valence-electron chi connectivity index (χ0n) is 21.4.